The summed E-state index contributed by atoms with van der Waals surface area (Å²) in [5.74, 6) is 0.435. The predicted molar refractivity (Wildman–Crippen MR) is 297 cm³/mol. The van der Waals surface area contributed by atoms with Crippen LogP contribution in [0.5, 0.6) is 0 Å². The van der Waals surface area contributed by atoms with Crippen molar-refractivity contribution in [2.24, 2.45) is 5.41 Å². The van der Waals surface area contributed by atoms with Crippen molar-refractivity contribution < 1.29 is 0 Å². The smallest absolute Gasteiger partial charge is 0.0543 e. The summed E-state index contributed by atoms with van der Waals surface area (Å²) < 4.78 is 0. The van der Waals surface area contributed by atoms with Gasteiger partial charge in [0.05, 0.1) is 17.1 Å². The van der Waals surface area contributed by atoms with E-state index in [2.05, 4.69) is 240 Å². The first-order chi connectivity index (χ1) is 33.0. The topological polar surface area (TPSA) is 6.48 Å². The highest BCUT2D eigenvalue weighted by Crippen LogP contribution is 2.73. The van der Waals surface area contributed by atoms with Gasteiger partial charge in [-0.2, -0.15) is 0 Å². The minimum Gasteiger partial charge on any atom is -0.310 e. The summed E-state index contributed by atoms with van der Waals surface area (Å²) in [6, 6.07) is 53.2. The van der Waals surface area contributed by atoms with Crippen molar-refractivity contribution in [3.8, 4) is 11.1 Å². The van der Waals surface area contributed by atoms with Gasteiger partial charge in [-0.1, -0.05) is 188 Å². The molecule has 7 aromatic rings. The third kappa shape index (κ3) is 6.29. The maximum Gasteiger partial charge on any atom is 0.0543 e. The van der Waals surface area contributed by atoms with Crippen molar-refractivity contribution in [1.29, 1.82) is 0 Å². The van der Waals surface area contributed by atoms with Gasteiger partial charge in [0.2, 0.25) is 0 Å². The molecule has 0 bridgehead atoms. The number of anilines is 6. The van der Waals surface area contributed by atoms with Crippen LogP contribution < -0.4 is 9.80 Å². The highest BCUT2D eigenvalue weighted by Gasteiger charge is 2.62. The molecular formula is C68H74N2. The lowest BCUT2D eigenvalue weighted by atomic mass is 9.53. The molecule has 70 heavy (non-hydrogen) atoms. The van der Waals surface area contributed by atoms with E-state index < -0.39 is 0 Å². The number of benzene rings is 7. The van der Waals surface area contributed by atoms with Gasteiger partial charge in [0.15, 0.2) is 0 Å². The molecule has 2 heteroatoms. The zero-order chi connectivity index (χ0) is 49.2. The second-order valence-electron chi connectivity index (χ2n) is 26.3. The number of hydrogen-bond donors (Lipinski definition) is 0. The van der Waals surface area contributed by atoms with Gasteiger partial charge in [-0.05, 0) is 168 Å². The van der Waals surface area contributed by atoms with E-state index in [0.29, 0.717) is 5.92 Å². The molecule has 0 N–H and O–H groups in total. The first-order valence-electron chi connectivity index (χ1n) is 26.5. The highest BCUT2D eigenvalue weighted by molar-refractivity contribution is 5.99. The molecule has 4 atom stereocenters. The Kier molecular flexibility index (Phi) is 9.61. The van der Waals surface area contributed by atoms with E-state index in [-0.39, 0.29) is 38.4 Å². The number of fused-ring (bicyclic) bond motifs is 10. The SMILES string of the molecule is Cc1cc2c3c(c1)N(c1cccc4c1-c1ccccc1C4(C)C)c1cc(N(c4ccc(C(C)(C)C)cc4)c4ccc(C(C)(C)C)cc4)ccc1C3c1cc(C(C)(C)C)cc3c1C2C1(C)CCCCC31C. The summed E-state index contributed by atoms with van der Waals surface area (Å²) in [4.78, 5) is 5.24. The molecule has 5 aliphatic rings. The van der Waals surface area contributed by atoms with E-state index in [1.807, 2.05) is 0 Å². The fourth-order valence-electron chi connectivity index (χ4n) is 14.5. The van der Waals surface area contributed by atoms with E-state index in [4.69, 9.17) is 0 Å². The van der Waals surface area contributed by atoms with Crippen LogP contribution in [0.1, 0.15) is 194 Å². The molecule has 1 fully saturated rings. The Morgan fingerprint density at radius 2 is 1.09 bits per heavy atom. The van der Waals surface area contributed by atoms with Crippen LogP contribution in [0.2, 0.25) is 0 Å². The average Bonchev–Trinajstić information content (AvgIpc) is 3.67. The molecule has 0 radical (unpaired) electrons. The number of aryl methyl sites for hydroxylation is 1. The summed E-state index contributed by atoms with van der Waals surface area (Å²) in [5.41, 5.74) is 27.9. The maximum absolute atomic E-state index is 2.73. The van der Waals surface area contributed by atoms with Crippen molar-refractivity contribution in [1.82, 2.24) is 0 Å². The highest BCUT2D eigenvalue weighted by atomic mass is 15.2. The predicted octanol–water partition coefficient (Wildman–Crippen LogP) is 18.9. The zero-order valence-corrected chi connectivity index (χ0v) is 44.6. The average molecular weight is 919 g/mol. The molecule has 4 unspecified atom stereocenters. The Morgan fingerprint density at radius 1 is 0.486 bits per heavy atom. The first kappa shape index (κ1) is 45.3. The Morgan fingerprint density at radius 3 is 1.73 bits per heavy atom. The lowest BCUT2D eigenvalue weighted by Crippen LogP contribution is -2.43. The Labute approximate surface area is 420 Å². The van der Waals surface area contributed by atoms with Gasteiger partial charge in [-0.25, -0.2) is 0 Å². The molecule has 1 saturated carbocycles. The van der Waals surface area contributed by atoms with Gasteiger partial charge in [0.25, 0.3) is 0 Å². The lowest BCUT2D eigenvalue weighted by Gasteiger charge is -2.51. The molecule has 2 nitrogen and oxygen atoms in total. The fraction of sp³-hybridized carbons (Fsp3) is 0.382. The summed E-state index contributed by atoms with van der Waals surface area (Å²) in [5, 5.41) is 0. The van der Waals surface area contributed by atoms with Crippen molar-refractivity contribution in [3.05, 3.63) is 200 Å². The zero-order valence-electron chi connectivity index (χ0n) is 44.6. The van der Waals surface area contributed by atoms with E-state index >= 15 is 0 Å². The number of rotatable bonds is 4. The van der Waals surface area contributed by atoms with Crippen molar-refractivity contribution in [2.45, 2.75) is 162 Å². The van der Waals surface area contributed by atoms with Gasteiger partial charge >= 0.3 is 0 Å². The molecule has 0 amide bonds. The van der Waals surface area contributed by atoms with Gasteiger partial charge in [0.1, 0.15) is 0 Å². The largest absolute Gasteiger partial charge is 0.310 e. The molecule has 12 rings (SSSR count). The van der Waals surface area contributed by atoms with Crippen LogP contribution in [-0.2, 0) is 27.1 Å². The maximum atomic E-state index is 2.73. The van der Waals surface area contributed by atoms with E-state index in [0.717, 1.165) is 17.1 Å². The van der Waals surface area contributed by atoms with Crippen LogP contribution in [-0.4, -0.2) is 0 Å². The van der Waals surface area contributed by atoms with Crippen molar-refractivity contribution in [2.75, 3.05) is 9.80 Å². The monoisotopic (exact) mass is 919 g/mol. The minimum atomic E-state index is -0.130. The molecule has 0 spiro atoms. The minimum absolute atomic E-state index is 0.00514. The van der Waals surface area contributed by atoms with Gasteiger partial charge in [0, 0.05) is 39.9 Å². The molecule has 356 valence electrons. The van der Waals surface area contributed by atoms with Crippen molar-refractivity contribution in [3.63, 3.8) is 0 Å². The summed E-state index contributed by atoms with van der Waals surface area (Å²) in [7, 11) is 0. The van der Waals surface area contributed by atoms with E-state index in [1.165, 1.54) is 98.4 Å². The third-order valence-electron chi connectivity index (χ3n) is 18.6. The summed E-state index contributed by atoms with van der Waals surface area (Å²) in [6.07, 6.45) is 5.10. The van der Waals surface area contributed by atoms with Crippen LogP contribution in [0, 0.1) is 12.3 Å². The normalized spacial score (nSPS) is 22.4. The molecule has 0 saturated heterocycles. The number of nitrogens with zero attached hydrogens (tertiary/aromatic N) is 2. The van der Waals surface area contributed by atoms with E-state index in [9.17, 15) is 0 Å². The molecule has 0 aromatic heterocycles. The van der Waals surface area contributed by atoms with Gasteiger partial charge in [-0.3, -0.25) is 0 Å². The standard InChI is InChI=1S/C68H74N2/c1-41-36-51-61-57(37-41)70(55-23-19-22-53-59(55)48-20-15-16-21-52(48)66(53,11)12)56-40-47(69(45-28-24-42(25-29-45)63(2,3)4)46-30-26-43(27-31-46)64(5,6)7)32-33-49(56)58(61)50-38-44(65(8,9)10)39-54-60(50)62(51)68(14)35-18-17-34-67(54,68)13/h15-16,19-33,36-40,58,62H,17-18,34-35H2,1-14H3. The van der Waals surface area contributed by atoms with Gasteiger partial charge in [-0.15, -0.1) is 0 Å². The first-order valence-corrected chi connectivity index (χ1v) is 26.5. The molecule has 1 aliphatic heterocycles. The Balaban J connectivity index is 1.18. The summed E-state index contributed by atoms with van der Waals surface area (Å²) in [6.45, 7) is 33.7. The van der Waals surface area contributed by atoms with Crippen LogP contribution in [0.4, 0.5) is 34.1 Å². The fourth-order valence-corrected chi connectivity index (χ4v) is 14.5. The molecule has 1 heterocycles. The third-order valence-corrected chi connectivity index (χ3v) is 18.6. The van der Waals surface area contributed by atoms with Crippen LogP contribution in [0.3, 0.4) is 0 Å². The second-order valence-corrected chi connectivity index (χ2v) is 26.3. The van der Waals surface area contributed by atoms with E-state index in [1.54, 1.807) is 22.3 Å². The Bertz CT molecular complexity index is 3230. The second kappa shape index (κ2) is 14.8. The Hall–Kier alpha value is -5.86. The van der Waals surface area contributed by atoms with Crippen LogP contribution in [0.15, 0.2) is 133 Å². The quantitative estimate of drug-likeness (QED) is 0.174. The van der Waals surface area contributed by atoms with Gasteiger partial charge < -0.3 is 9.80 Å². The van der Waals surface area contributed by atoms with Crippen LogP contribution >= 0.6 is 0 Å². The van der Waals surface area contributed by atoms with Crippen molar-refractivity contribution >= 4 is 34.1 Å². The molecule has 7 aromatic carbocycles. The molecular weight excluding hydrogens is 845 g/mol. The van der Waals surface area contributed by atoms with Crippen LogP contribution in [0.25, 0.3) is 11.1 Å². The lowest BCUT2D eigenvalue weighted by molar-refractivity contribution is 0.0914. The molecule has 4 aliphatic carbocycles. The summed E-state index contributed by atoms with van der Waals surface area (Å²) >= 11 is 0. The number of hydrogen-bond acceptors (Lipinski definition) is 2.